The van der Waals surface area contributed by atoms with E-state index in [9.17, 15) is 9.59 Å². The van der Waals surface area contributed by atoms with Crippen LogP contribution in [0.2, 0.25) is 0 Å². The summed E-state index contributed by atoms with van der Waals surface area (Å²) >= 11 is 0. The second kappa shape index (κ2) is 11.1. The third-order valence-electron chi connectivity index (χ3n) is 2.08. The van der Waals surface area contributed by atoms with Gasteiger partial charge in [-0.1, -0.05) is 32.4 Å². The number of aromatic carboxylic acids is 1. The van der Waals surface area contributed by atoms with Gasteiger partial charge in [-0.2, -0.15) is 0 Å². The van der Waals surface area contributed by atoms with Crippen molar-refractivity contribution in [2.24, 2.45) is 0 Å². The number of carbonyl (C=O) groups is 2. The Kier molecular flexibility index (Phi) is 9.88. The molecule has 0 saturated carbocycles. The van der Waals surface area contributed by atoms with E-state index in [-0.39, 0.29) is 11.7 Å². The molecule has 19 heavy (non-hydrogen) atoms. The molecule has 0 atom stereocenters. The van der Waals surface area contributed by atoms with E-state index in [0.29, 0.717) is 13.0 Å². The van der Waals surface area contributed by atoms with Gasteiger partial charge in [-0.3, -0.25) is 4.79 Å². The minimum atomic E-state index is -1.03. The van der Waals surface area contributed by atoms with Crippen molar-refractivity contribution in [3.05, 3.63) is 36.8 Å². The molecule has 0 aromatic carbocycles. The van der Waals surface area contributed by atoms with Crippen molar-refractivity contribution < 1.29 is 23.8 Å². The van der Waals surface area contributed by atoms with Crippen molar-refractivity contribution in [1.29, 1.82) is 0 Å². The highest BCUT2D eigenvalue weighted by atomic mass is 16.5. The smallest absolute Gasteiger partial charge is 0.371 e. The summed E-state index contributed by atoms with van der Waals surface area (Å²) in [6, 6.07) is 2.92. The summed E-state index contributed by atoms with van der Waals surface area (Å²) in [5, 5.41) is 8.18. The first-order chi connectivity index (χ1) is 9.11. The van der Waals surface area contributed by atoms with Crippen molar-refractivity contribution in [2.45, 2.75) is 32.6 Å². The molecular weight excluding hydrogens is 248 g/mol. The summed E-state index contributed by atoms with van der Waals surface area (Å²) in [6.07, 6.45) is 6.62. The van der Waals surface area contributed by atoms with E-state index in [4.69, 9.17) is 9.84 Å². The van der Waals surface area contributed by atoms with Crippen molar-refractivity contribution >= 4 is 11.9 Å². The summed E-state index contributed by atoms with van der Waals surface area (Å²) in [4.78, 5) is 20.8. The Morgan fingerprint density at radius 2 is 2.21 bits per heavy atom. The quantitative estimate of drug-likeness (QED) is 0.466. The summed E-state index contributed by atoms with van der Waals surface area (Å²) in [5.41, 5.74) is 0. The lowest BCUT2D eigenvalue weighted by atomic mass is 10.2. The maximum Gasteiger partial charge on any atom is 0.371 e. The van der Waals surface area contributed by atoms with Crippen LogP contribution in [0.1, 0.15) is 43.2 Å². The number of hydrogen-bond acceptors (Lipinski definition) is 4. The van der Waals surface area contributed by atoms with Crippen molar-refractivity contribution in [3.8, 4) is 0 Å². The standard InChI is InChI=1S/C9H16O2.C5H4O3/c1-3-5-6-7-9(10)11-8-4-2;6-5(7)4-2-1-3-8-4/h4H,2-3,5-8H2,1H3;1-3H,(H,6,7). The highest BCUT2D eigenvalue weighted by Gasteiger charge is 2.01. The van der Waals surface area contributed by atoms with E-state index < -0.39 is 5.97 Å². The van der Waals surface area contributed by atoms with Gasteiger partial charge in [0, 0.05) is 6.42 Å². The SMILES string of the molecule is C=CCOC(=O)CCCCC.O=C(O)c1ccco1. The summed E-state index contributed by atoms with van der Waals surface area (Å²) in [7, 11) is 0. The second-order valence-corrected chi connectivity index (χ2v) is 3.71. The summed E-state index contributed by atoms with van der Waals surface area (Å²) in [6.45, 7) is 5.90. The van der Waals surface area contributed by atoms with Crippen LogP contribution in [0.25, 0.3) is 0 Å². The molecule has 0 amide bonds. The molecule has 0 aliphatic rings. The molecule has 0 radical (unpaired) electrons. The van der Waals surface area contributed by atoms with E-state index in [2.05, 4.69) is 17.9 Å². The summed E-state index contributed by atoms with van der Waals surface area (Å²) < 4.78 is 9.28. The average molecular weight is 268 g/mol. The molecule has 1 heterocycles. The van der Waals surface area contributed by atoms with Crippen LogP contribution in [-0.4, -0.2) is 23.7 Å². The van der Waals surface area contributed by atoms with Crippen LogP contribution in [0.15, 0.2) is 35.5 Å². The van der Waals surface area contributed by atoms with Gasteiger partial charge in [-0.15, -0.1) is 0 Å². The number of rotatable bonds is 7. The number of esters is 1. The first-order valence-electron chi connectivity index (χ1n) is 6.15. The van der Waals surface area contributed by atoms with Crippen LogP contribution in [-0.2, 0) is 9.53 Å². The largest absolute Gasteiger partial charge is 0.475 e. The highest BCUT2D eigenvalue weighted by molar-refractivity contribution is 5.84. The maximum atomic E-state index is 10.8. The Hall–Kier alpha value is -2.04. The lowest BCUT2D eigenvalue weighted by Crippen LogP contribution is -2.03. The Labute approximate surface area is 112 Å². The van der Waals surface area contributed by atoms with Gasteiger partial charge in [0.25, 0.3) is 0 Å². The van der Waals surface area contributed by atoms with Crippen molar-refractivity contribution in [2.75, 3.05) is 6.61 Å². The molecule has 5 nitrogen and oxygen atoms in total. The van der Waals surface area contributed by atoms with Gasteiger partial charge in [0.1, 0.15) is 6.61 Å². The third kappa shape index (κ3) is 9.64. The van der Waals surface area contributed by atoms with E-state index >= 15 is 0 Å². The molecule has 106 valence electrons. The van der Waals surface area contributed by atoms with Gasteiger partial charge in [0.05, 0.1) is 6.26 Å². The molecule has 1 aromatic rings. The first-order valence-corrected chi connectivity index (χ1v) is 6.15. The zero-order chi connectivity index (χ0) is 14.5. The molecule has 0 spiro atoms. The maximum absolute atomic E-state index is 10.8. The lowest BCUT2D eigenvalue weighted by Gasteiger charge is -1.99. The van der Waals surface area contributed by atoms with E-state index in [1.54, 1.807) is 6.08 Å². The number of carboxylic acid groups (broad SMARTS) is 1. The van der Waals surface area contributed by atoms with Gasteiger partial charge in [-0.05, 0) is 18.6 Å². The number of unbranched alkanes of at least 4 members (excludes halogenated alkanes) is 2. The van der Waals surface area contributed by atoms with Crippen LogP contribution in [0.5, 0.6) is 0 Å². The van der Waals surface area contributed by atoms with Gasteiger partial charge in [0.15, 0.2) is 0 Å². The zero-order valence-corrected chi connectivity index (χ0v) is 11.1. The van der Waals surface area contributed by atoms with Crippen molar-refractivity contribution in [3.63, 3.8) is 0 Å². The Morgan fingerprint density at radius 3 is 2.63 bits per heavy atom. The normalized spacial score (nSPS) is 9.11. The number of ether oxygens (including phenoxy) is 1. The minimum Gasteiger partial charge on any atom is -0.475 e. The fraction of sp³-hybridized carbons (Fsp3) is 0.429. The molecule has 0 unspecified atom stereocenters. The number of carboxylic acids is 1. The molecule has 1 N–H and O–H groups in total. The monoisotopic (exact) mass is 268 g/mol. The predicted octanol–water partition coefficient (Wildman–Crippen LogP) is 3.27. The van der Waals surface area contributed by atoms with E-state index in [1.165, 1.54) is 18.4 Å². The van der Waals surface area contributed by atoms with Gasteiger partial charge in [-0.25, -0.2) is 4.79 Å². The van der Waals surface area contributed by atoms with Crippen LogP contribution in [0, 0.1) is 0 Å². The van der Waals surface area contributed by atoms with Crippen molar-refractivity contribution in [1.82, 2.24) is 0 Å². The molecule has 0 bridgehead atoms. The first kappa shape index (κ1) is 17.0. The molecule has 1 rings (SSSR count). The van der Waals surface area contributed by atoms with Crippen LogP contribution in [0.4, 0.5) is 0 Å². The van der Waals surface area contributed by atoms with Crippen LogP contribution < -0.4 is 0 Å². The molecule has 0 aliphatic carbocycles. The highest BCUT2D eigenvalue weighted by Crippen LogP contribution is 2.00. The number of carbonyl (C=O) groups excluding carboxylic acids is 1. The topological polar surface area (TPSA) is 76.7 Å². The van der Waals surface area contributed by atoms with Gasteiger partial charge in [0.2, 0.25) is 5.76 Å². The van der Waals surface area contributed by atoms with E-state index in [1.807, 2.05) is 0 Å². The summed E-state index contributed by atoms with van der Waals surface area (Å²) in [5.74, 6) is -1.17. The molecule has 1 aromatic heterocycles. The molecule has 5 heteroatoms. The Morgan fingerprint density at radius 1 is 1.47 bits per heavy atom. The Balaban J connectivity index is 0.000000356. The van der Waals surface area contributed by atoms with Crippen LogP contribution >= 0.6 is 0 Å². The molecule has 0 fully saturated rings. The lowest BCUT2D eigenvalue weighted by molar-refractivity contribution is -0.142. The predicted molar refractivity (Wildman–Crippen MR) is 71.0 cm³/mol. The average Bonchev–Trinajstić information content (AvgIpc) is 2.91. The Bertz CT molecular complexity index is 367. The zero-order valence-electron chi connectivity index (χ0n) is 11.1. The molecular formula is C14H20O5. The van der Waals surface area contributed by atoms with Gasteiger partial charge < -0.3 is 14.3 Å². The minimum absolute atomic E-state index is 0.0231. The molecule has 0 saturated heterocycles. The van der Waals surface area contributed by atoms with E-state index in [0.717, 1.165) is 19.3 Å². The molecule has 0 aliphatic heterocycles. The fourth-order valence-electron chi connectivity index (χ4n) is 1.14. The van der Waals surface area contributed by atoms with Crippen LogP contribution in [0.3, 0.4) is 0 Å². The van der Waals surface area contributed by atoms with Gasteiger partial charge >= 0.3 is 11.9 Å². The fourth-order valence-corrected chi connectivity index (χ4v) is 1.14. The third-order valence-corrected chi connectivity index (χ3v) is 2.08. The second-order valence-electron chi connectivity index (χ2n) is 3.71. The number of hydrogen-bond donors (Lipinski definition) is 1. The number of furan rings is 1.